The maximum absolute atomic E-state index is 11.4. The first kappa shape index (κ1) is 9.15. The fourth-order valence-electron chi connectivity index (χ4n) is 1.91. The molecule has 0 saturated carbocycles. The van der Waals surface area contributed by atoms with E-state index in [0.29, 0.717) is 5.56 Å². The van der Waals surface area contributed by atoms with E-state index < -0.39 is 0 Å². The van der Waals surface area contributed by atoms with Gasteiger partial charge in [-0.1, -0.05) is 0 Å². The molecular formula is C10H13N3O. The quantitative estimate of drug-likeness (QED) is 0.387. The van der Waals surface area contributed by atoms with Gasteiger partial charge in [-0.15, -0.1) is 0 Å². The average Bonchev–Trinajstić information content (AvgIpc) is 2.27. The molecule has 1 aliphatic carbocycles. The highest BCUT2D eigenvalue weighted by Gasteiger charge is 2.17. The molecule has 1 heterocycles. The molecule has 4 heteroatoms. The van der Waals surface area contributed by atoms with Crippen LogP contribution < -0.4 is 11.3 Å². The van der Waals surface area contributed by atoms with Gasteiger partial charge in [0.2, 0.25) is 0 Å². The number of hydrogen-bond donors (Lipinski definition) is 2. The first-order valence-corrected chi connectivity index (χ1v) is 4.80. The zero-order valence-corrected chi connectivity index (χ0v) is 7.92. The zero-order chi connectivity index (χ0) is 9.97. The van der Waals surface area contributed by atoms with E-state index >= 15 is 0 Å². The Morgan fingerprint density at radius 2 is 2.21 bits per heavy atom. The third-order valence-electron chi connectivity index (χ3n) is 2.61. The van der Waals surface area contributed by atoms with Crippen molar-refractivity contribution in [3.63, 3.8) is 0 Å². The van der Waals surface area contributed by atoms with Crippen LogP contribution in [-0.4, -0.2) is 10.9 Å². The van der Waals surface area contributed by atoms with Crippen LogP contribution in [0.15, 0.2) is 12.3 Å². The molecule has 1 aromatic heterocycles. The summed E-state index contributed by atoms with van der Waals surface area (Å²) in [5, 5.41) is 0. The van der Waals surface area contributed by atoms with E-state index in [9.17, 15) is 4.79 Å². The van der Waals surface area contributed by atoms with Crippen LogP contribution in [0.3, 0.4) is 0 Å². The van der Waals surface area contributed by atoms with Crippen molar-refractivity contribution in [1.82, 2.24) is 10.4 Å². The molecule has 2 rings (SSSR count). The Morgan fingerprint density at radius 1 is 1.43 bits per heavy atom. The first-order chi connectivity index (χ1) is 6.83. The third kappa shape index (κ3) is 1.48. The minimum Gasteiger partial charge on any atom is -0.290 e. The number of carbonyl (C=O) groups is 1. The smallest absolute Gasteiger partial charge is 0.265 e. The molecule has 0 atom stereocenters. The summed E-state index contributed by atoms with van der Waals surface area (Å²) in [6.45, 7) is 0. The largest absolute Gasteiger partial charge is 0.290 e. The average molecular weight is 191 g/mol. The van der Waals surface area contributed by atoms with Crippen molar-refractivity contribution in [1.29, 1.82) is 0 Å². The number of nitrogens with zero attached hydrogens (tertiary/aromatic N) is 1. The van der Waals surface area contributed by atoms with E-state index in [1.807, 2.05) is 0 Å². The number of aromatic nitrogens is 1. The van der Waals surface area contributed by atoms with Gasteiger partial charge in [0.1, 0.15) is 0 Å². The summed E-state index contributed by atoms with van der Waals surface area (Å²) in [6, 6.07) is 1.73. The lowest BCUT2D eigenvalue weighted by Crippen LogP contribution is -2.31. The highest BCUT2D eigenvalue weighted by atomic mass is 16.2. The number of fused-ring (bicyclic) bond motifs is 1. The van der Waals surface area contributed by atoms with Crippen molar-refractivity contribution in [2.75, 3.05) is 0 Å². The molecule has 14 heavy (non-hydrogen) atoms. The van der Waals surface area contributed by atoms with Crippen molar-refractivity contribution in [3.05, 3.63) is 29.1 Å². The molecule has 0 radical (unpaired) electrons. The molecule has 1 aliphatic rings. The van der Waals surface area contributed by atoms with Gasteiger partial charge in [0.15, 0.2) is 0 Å². The molecule has 0 spiro atoms. The van der Waals surface area contributed by atoms with Gasteiger partial charge >= 0.3 is 0 Å². The number of rotatable bonds is 1. The summed E-state index contributed by atoms with van der Waals surface area (Å²) in [5.41, 5.74) is 4.97. The molecule has 0 saturated heterocycles. The number of pyridine rings is 1. The number of hydrogen-bond acceptors (Lipinski definition) is 3. The molecule has 0 bridgehead atoms. The summed E-state index contributed by atoms with van der Waals surface area (Å²) in [4.78, 5) is 15.7. The van der Waals surface area contributed by atoms with Gasteiger partial charge in [-0.2, -0.15) is 0 Å². The molecule has 1 aromatic rings. The van der Waals surface area contributed by atoms with E-state index in [1.54, 1.807) is 12.3 Å². The van der Waals surface area contributed by atoms with Crippen molar-refractivity contribution in [3.8, 4) is 0 Å². The van der Waals surface area contributed by atoms with Crippen LogP contribution >= 0.6 is 0 Å². The zero-order valence-electron chi connectivity index (χ0n) is 7.92. The lowest BCUT2D eigenvalue weighted by molar-refractivity contribution is 0.0952. The monoisotopic (exact) mass is 191 g/mol. The number of carbonyl (C=O) groups excluding carboxylic acids is 1. The number of amides is 1. The molecule has 0 unspecified atom stereocenters. The molecule has 3 N–H and O–H groups in total. The van der Waals surface area contributed by atoms with Crippen LogP contribution in [0.4, 0.5) is 0 Å². The van der Waals surface area contributed by atoms with Crippen LogP contribution in [0.5, 0.6) is 0 Å². The second kappa shape index (κ2) is 3.75. The summed E-state index contributed by atoms with van der Waals surface area (Å²) >= 11 is 0. The summed E-state index contributed by atoms with van der Waals surface area (Å²) in [5.74, 6) is 4.90. The Balaban J connectivity index is 2.45. The summed E-state index contributed by atoms with van der Waals surface area (Å²) < 4.78 is 0. The van der Waals surface area contributed by atoms with Crippen LogP contribution in [0.1, 0.15) is 34.5 Å². The van der Waals surface area contributed by atoms with Crippen molar-refractivity contribution >= 4 is 5.91 Å². The lowest BCUT2D eigenvalue weighted by Gasteiger charge is -2.16. The first-order valence-electron chi connectivity index (χ1n) is 4.80. The fraction of sp³-hybridized carbons (Fsp3) is 0.400. The van der Waals surface area contributed by atoms with Crippen molar-refractivity contribution < 1.29 is 4.79 Å². The highest BCUT2D eigenvalue weighted by Crippen LogP contribution is 2.22. The van der Waals surface area contributed by atoms with Crippen molar-refractivity contribution in [2.24, 2.45) is 5.84 Å². The number of nitrogens with two attached hydrogens (primary N) is 1. The highest BCUT2D eigenvalue weighted by molar-refractivity contribution is 5.95. The van der Waals surface area contributed by atoms with Gasteiger partial charge in [-0.25, -0.2) is 5.84 Å². The predicted molar refractivity (Wildman–Crippen MR) is 52.5 cm³/mol. The van der Waals surface area contributed by atoms with Gasteiger partial charge in [-0.3, -0.25) is 15.2 Å². The van der Waals surface area contributed by atoms with Gasteiger partial charge < -0.3 is 0 Å². The lowest BCUT2D eigenvalue weighted by atomic mass is 9.92. The minimum absolute atomic E-state index is 0.217. The Bertz CT molecular complexity index is 362. The Labute approximate surface area is 82.5 Å². The Hall–Kier alpha value is -1.42. The molecule has 0 fully saturated rings. The SMILES string of the molecule is NNC(=O)c1ccnc2c1CCCC2. The maximum atomic E-state index is 11.4. The van der Waals surface area contributed by atoms with Crippen LogP contribution in [0, 0.1) is 0 Å². The standard InChI is InChI=1S/C10H13N3O/c11-13-10(14)8-5-6-12-9-4-2-1-3-7(8)9/h5-6H,1-4,11H2,(H,13,14). The Kier molecular flexibility index (Phi) is 2.45. The molecule has 1 amide bonds. The van der Waals surface area contributed by atoms with E-state index in [-0.39, 0.29) is 5.91 Å². The normalized spacial score (nSPS) is 14.6. The number of hydrazine groups is 1. The van der Waals surface area contributed by atoms with Crippen molar-refractivity contribution in [2.45, 2.75) is 25.7 Å². The molecule has 4 nitrogen and oxygen atoms in total. The minimum atomic E-state index is -0.217. The predicted octanol–water partition coefficient (Wildman–Crippen LogP) is 0.564. The topological polar surface area (TPSA) is 68.0 Å². The van der Waals surface area contributed by atoms with Crippen LogP contribution in [0.2, 0.25) is 0 Å². The van der Waals surface area contributed by atoms with Gasteiger partial charge in [0.05, 0.1) is 0 Å². The van der Waals surface area contributed by atoms with E-state index in [0.717, 1.165) is 36.9 Å². The molecular weight excluding hydrogens is 178 g/mol. The van der Waals surface area contributed by atoms with Crippen LogP contribution in [0.25, 0.3) is 0 Å². The molecule has 0 aliphatic heterocycles. The molecule has 74 valence electrons. The van der Waals surface area contributed by atoms with E-state index in [1.165, 1.54) is 0 Å². The summed E-state index contributed by atoms with van der Waals surface area (Å²) in [6.07, 6.45) is 5.87. The maximum Gasteiger partial charge on any atom is 0.265 e. The van der Waals surface area contributed by atoms with E-state index in [4.69, 9.17) is 5.84 Å². The number of nitrogens with one attached hydrogen (secondary N) is 1. The second-order valence-electron chi connectivity index (χ2n) is 3.46. The van der Waals surface area contributed by atoms with Gasteiger partial charge in [0.25, 0.3) is 5.91 Å². The Morgan fingerprint density at radius 3 is 3.00 bits per heavy atom. The number of aryl methyl sites for hydroxylation is 1. The van der Waals surface area contributed by atoms with Gasteiger partial charge in [-0.05, 0) is 37.3 Å². The number of nitrogen functional groups attached to an aromatic ring is 1. The third-order valence-corrected chi connectivity index (χ3v) is 2.61. The van der Waals surface area contributed by atoms with E-state index in [2.05, 4.69) is 10.4 Å². The van der Waals surface area contributed by atoms with Gasteiger partial charge in [0, 0.05) is 17.5 Å². The fourth-order valence-corrected chi connectivity index (χ4v) is 1.91. The summed E-state index contributed by atoms with van der Waals surface area (Å²) in [7, 11) is 0. The molecule has 0 aromatic carbocycles. The van der Waals surface area contributed by atoms with Crippen LogP contribution in [-0.2, 0) is 12.8 Å². The second-order valence-corrected chi connectivity index (χ2v) is 3.46.